The lowest BCUT2D eigenvalue weighted by atomic mass is 10.1. The summed E-state index contributed by atoms with van der Waals surface area (Å²) < 4.78 is 49.1. The Morgan fingerprint density at radius 3 is 2.27 bits per heavy atom. The minimum absolute atomic E-state index is 0.0219. The fraction of sp³-hybridized carbons (Fsp3) is 0.240. The fourth-order valence-electron chi connectivity index (χ4n) is 3.31. The zero-order valence-corrected chi connectivity index (χ0v) is 19.7. The third-order valence-corrected chi connectivity index (χ3v) is 6.39. The molecule has 0 radical (unpaired) electrons. The molecule has 0 bridgehead atoms. The number of carbonyl (C=O) groups is 1. The number of hydrogen-bond donors (Lipinski definition) is 0. The Balaban J connectivity index is 1.91. The van der Waals surface area contributed by atoms with Crippen molar-refractivity contribution in [3.63, 3.8) is 0 Å². The zero-order valence-electron chi connectivity index (χ0n) is 18.9. The van der Waals surface area contributed by atoms with Gasteiger partial charge in [-0.3, -0.25) is 4.79 Å². The van der Waals surface area contributed by atoms with Crippen molar-refractivity contribution in [2.45, 2.75) is 38.3 Å². The molecule has 3 aromatic carbocycles. The van der Waals surface area contributed by atoms with E-state index < -0.39 is 15.9 Å². The lowest BCUT2D eigenvalue weighted by Gasteiger charge is -2.28. The molecule has 3 rings (SSSR count). The topological polar surface area (TPSA) is 72.9 Å². The van der Waals surface area contributed by atoms with Crippen molar-refractivity contribution in [1.82, 2.24) is 4.90 Å². The Morgan fingerprint density at radius 2 is 1.67 bits per heavy atom. The minimum atomic E-state index is -4.22. The van der Waals surface area contributed by atoms with Crippen LogP contribution in [-0.2, 0) is 16.7 Å². The van der Waals surface area contributed by atoms with Crippen molar-refractivity contribution in [1.29, 1.82) is 0 Å². The second-order valence-corrected chi connectivity index (χ2v) is 9.36. The molecule has 0 unspecified atom stereocenters. The predicted molar refractivity (Wildman–Crippen MR) is 123 cm³/mol. The van der Waals surface area contributed by atoms with Crippen LogP contribution in [0.3, 0.4) is 0 Å². The van der Waals surface area contributed by atoms with E-state index in [1.807, 2.05) is 39.0 Å². The summed E-state index contributed by atoms with van der Waals surface area (Å²) in [5.41, 5.74) is 2.14. The van der Waals surface area contributed by atoms with Gasteiger partial charge in [-0.25, -0.2) is 4.39 Å². The monoisotopic (exact) mass is 471 g/mol. The highest BCUT2D eigenvalue weighted by Gasteiger charge is 2.23. The molecule has 0 aliphatic rings. The number of ether oxygens (including phenoxy) is 1. The summed E-state index contributed by atoms with van der Waals surface area (Å²) in [5, 5.41) is 0. The van der Waals surface area contributed by atoms with Gasteiger partial charge in [-0.1, -0.05) is 24.3 Å². The molecule has 0 saturated carbocycles. The quantitative estimate of drug-likeness (QED) is 0.434. The predicted octanol–water partition coefficient (Wildman–Crippen LogP) is 4.96. The number of hydrogen-bond acceptors (Lipinski definition) is 5. The van der Waals surface area contributed by atoms with Gasteiger partial charge in [0.1, 0.15) is 10.7 Å². The van der Waals surface area contributed by atoms with Crippen molar-refractivity contribution in [2.75, 3.05) is 7.11 Å². The summed E-state index contributed by atoms with van der Waals surface area (Å²) in [7, 11) is -2.82. The first kappa shape index (κ1) is 24.3. The van der Waals surface area contributed by atoms with Crippen LogP contribution in [-0.4, -0.2) is 32.4 Å². The standard InChI is InChI=1S/C25H26FNO5S/c1-17(2)27(25(28)22-8-6-5-7-18(22)3)16-19-9-14-23(31-4)24(15-19)32-33(29,30)21-12-10-20(26)11-13-21/h5-15,17H,16H2,1-4H3. The first-order valence-electron chi connectivity index (χ1n) is 10.4. The second-order valence-electron chi connectivity index (χ2n) is 7.82. The van der Waals surface area contributed by atoms with Crippen LogP contribution in [0.25, 0.3) is 0 Å². The van der Waals surface area contributed by atoms with E-state index >= 15 is 0 Å². The minimum Gasteiger partial charge on any atom is -0.493 e. The maximum absolute atomic E-state index is 13.2. The first-order valence-corrected chi connectivity index (χ1v) is 11.8. The van der Waals surface area contributed by atoms with Gasteiger partial charge in [0.2, 0.25) is 0 Å². The van der Waals surface area contributed by atoms with Gasteiger partial charge >= 0.3 is 10.1 Å². The molecule has 0 heterocycles. The summed E-state index contributed by atoms with van der Waals surface area (Å²) in [6.07, 6.45) is 0. The molecule has 174 valence electrons. The van der Waals surface area contributed by atoms with E-state index in [1.54, 1.807) is 23.1 Å². The van der Waals surface area contributed by atoms with Gasteiger partial charge in [-0.15, -0.1) is 0 Å². The number of aryl methyl sites for hydroxylation is 1. The summed E-state index contributed by atoms with van der Waals surface area (Å²) in [4.78, 5) is 14.7. The largest absolute Gasteiger partial charge is 0.493 e. The van der Waals surface area contributed by atoms with Gasteiger partial charge in [0.15, 0.2) is 11.5 Å². The molecular weight excluding hydrogens is 445 g/mol. The van der Waals surface area contributed by atoms with E-state index in [0.29, 0.717) is 11.1 Å². The first-order chi connectivity index (χ1) is 15.6. The fourth-order valence-corrected chi connectivity index (χ4v) is 4.24. The summed E-state index contributed by atoms with van der Waals surface area (Å²) >= 11 is 0. The van der Waals surface area contributed by atoms with Crippen molar-refractivity contribution in [2.24, 2.45) is 0 Å². The Bertz CT molecular complexity index is 1240. The van der Waals surface area contributed by atoms with E-state index in [9.17, 15) is 17.6 Å². The molecule has 1 amide bonds. The van der Waals surface area contributed by atoms with Gasteiger partial charge in [0.05, 0.1) is 7.11 Å². The average Bonchev–Trinajstić information content (AvgIpc) is 2.77. The van der Waals surface area contributed by atoms with Crippen molar-refractivity contribution in [3.05, 3.63) is 89.2 Å². The molecule has 0 saturated heterocycles. The van der Waals surface area contributed by atoms with Crippen LogP contribution in [0, 0.1) is 12.7 Å². The normalized spacial score (nSPS) is 11.3. The molecule has 6 nitrogen and oxygen atoms in total. The van der Waals surface area contributed by atoms with Crippen LogP contribution in [0.1, 0.15) is 35.3 Å². The van der Waals surface area contributed by atoms with E-state index in [2.05, 4.69) is 0 Å². The number of methoxy groups -OCH3 is 1. The third kappa shape index (κ3) is 5.70. The maximum atomic E-state index is 13.2. The second kappa shape index (κ2) is 10.0. The highest BCUT2D eigenvalue weighted by atomic mass is 32.2. The van der Waals surface area contributed by atoms with Crippen LogP contribution in [0.4, 0.5) is 4.39 Å². The Hall–Kier alpha value is -3.39. The van der Waals surface area contributed by atoms with Crippen molar-refractivity contribution >= 4 is 16.0 Å². The van der Waals surface area contributed by atoms with Crippen molar-refractivity contribution < 1.29 is 26.5 Å². The number of carbonyl (C=O) groups excluding carboxylic acids is 1. The molecule has 0 aromatic heterocycles. The molecular formula is C25H26FNO5S. The number of rotatable bonds is 8. The number of benzene rings is 3. The molecule has 3 aromatic rings. The van der Waals surface area contributed by atoms with Gasteiger partial charge in [-0.2, -0.15) is 8.42 Å². The molecule has 0 atom stereocenters. The summed E-state index contributed by atoms with van der Waals surface area (Å²) in [5.74, 6) is -0.488. The third-order valence-electron chi connectivity index (χ3n) is 5.14. The van der Waals surface area contributed by atoms with E-state index in [1.165, 1.54) is 13.2 Å². The summed E-state index contributed by atoms with van der Waals surface area (Å²) in [6.45, 7) is 5.94. The van der Waals surface area contributed by atoms with E-state index in [0.717, 1.165) is 29.8 Å². The molecule has 0 aliphatic heterocycles. The van der Waals surface area contributed by atoms with Gasteiger partial charge < -0.3 is 13.8 Å². The van der Waals surface area contributed by atoms with Crippen molar-refractivity contribution in [3.8, 4) is 11.5 Å². The Labute approximate surface area is 193 Å². The number of amides is 1. The number of nitrogens with zero attached hydrogens (tertiary/aromatic N) is 1. The van der Waals surface area contributed by atoms with Gasteiger partial charge in [0, 0.05) is 18.2 Å². The Kier molecular flexibility index (Phi) is 7.38. The van der Waals surface area contributed by atoms with E-state index in [4.69, 9.17) is 8.92 Å². The average molecular weight is 472 g/mol. The summed E-state index contributed by atoms with van der Waals surface area (Å²) in [6, 6.07) is 16.5. The zero-order chi connectivity index (χ0) is 24.2. The molecule has 0 spiro atoms. The highest BCUT2D eigenvalue weighted by Crippen LogP contribution is 2.32. The smallest absolute Gasteiger partial charge is 0.339 e. The molecule has 33 heavy (non-hydrogen) atoms. The van der Waals surface area contributed by atoms with Crippen LogP contribution in [0.2, 0.25) is 0 Å². The molecule has 0 fully saturated rings. The molecule has 0 N–H and O–H groups in total. The lowest BCUT2D eigenvalue weighted by Crippen LogP contribution is -2.36. The van der Waals surface area contributed by atoms with Gasteiger partial charge in [-0.05, 0) is 74.4 Å². The Morgan fingerprint density at radius 1 is 1.00 bits per heavy atom. The molecule has 0 aliphatic carbocycles. The lowest BCUT2D eigenvalue weighted by molar-refractivity contribution is 0.0689. The highest BCUT2D eigenvalue weighted by molar-refractivity contribution is 7.87. The van der Waals surface area contributed by atoms with Crippen LogP contribution in [0.5, 0.6) is 11.5 Å². The number of halogens is 1. The van der Waals surface area contributed by atoms with Crippen LogP contribution in [0.15, 0.2) is 71.6 Å². The van der Waals surface area contributed by atoms with E-state index in [-0.39, 0.29) is 34.9 Å². The SMILES string of the molecule is COc1ccc(CN(C(=O)c2ccccc2C)C(C)C)cc1OS(=O)(=O)c1ccc(F)cc1. The maximum Gasteiger partial charge on any atom is 0.339 e. The van der Waals surface area contributed by atoms with Crippen LogP contribution < -0.4 is 8.92 Å². The van der Waals surface area contributed by atoms with Crippen LogP contribution >= 0.6 is 0 Å². The van der Waals surface area contributed by atoms with Gasteiger partial charge in [0.25, 0.3) is 5.91 Å². The molecule has 8 heteroatoms.